The lowest BCUT2D eigenvalue weighted by Gasteiger charge is -2.30. The van der Waals surface area contributed by atoms with Crippen LogP contribution in [0.25, 0.3) is 0 Å². The Hall–Kier alpha value is 0.400. The highest BCUT2D eigenvalue weighted by Gasteiger charge is 2.42. The van der Waals surface area contributed by atoms with Crippen LogP contribution in [0.15, 0.2) is 0 Å². The fraction of sp³-hybridized carbons (Fsp3) is 1.00. The summed E-state index contributed by atoms with van der Waals surface area (Å²) < 4.78 is 6.42. The van der Waals surface area contributed by atoms with Crippen LogP contribution in [-0.4, -0.2) is 41.1 Å². The topological polar surface area (TPSA) is 12.5 Å². The van der Waals surface area contributed by atoms with Gasteiger partial charge in [0.05, 0.1) is 11.7 Å². The van der Waals surface area contributed by atoms with Gasteiger partial charge in [-0.2, -0.15) is 0 Å². The van der Waals surface area contributed by atoms with E-state index in [4.69, 9.17) is 4.74 Å². The van der Waals surface area contributed by atoms with E-state index in [1.54, 1.807) is 0 Å². The third kappa shape index (κ3) is 3.71. The van der Waals surface area contributed by atoms with Crippen molar-refractivity contribution in [3.63, 3.8) is 0 Å². The Morgan fingerprint density at radius 2 is 2.00 bits per heavy atom. The summed E-state index contributed by atoms with van der Waals surface area (Å²) in [4.78, 5) is 2.58. The molecule has 1 unspecified atom stereocenters. The maximum Gasteiger partial charge on any atom is 0.0710 e. The van der Waals surface area contributed by atoms with E-state index in [9.17, 15) is 0 Å². The van der Waals surface area contributed by atoms with Crippen molar-refractivity contribution in [2.24, 2.45) is 0 Å². The van der Waals surface area contributed by atoms with Crippen molar-refractivity contribution >= 4 is 15.9 Å². The number of hydrogen-bond donors (Lipinski definition) is 0. The van der Waals surface area contributed by atoms with Crippen LogP contribution in [0.2, 0.25) is 0 Å². The Bertz CT molecular complexity index is 251. The summed E-state index contributed by atoms with van der Waals surface area (Å²) in [6, 6.07) is 0.632. The predicted octanol–water partition coefficient (Wildman–Crippen LogP) is 3.97. The Kier molecular flexibility index (Phi) is 5.52. The number of rotatable bonds is 6. The number of alkyl halides is 1. The first-order chi connectivity index (χ1) is 8.65. The SMILES string of the molecule is CC(C)N(CCCBr)CC1CCC2(CCCC2)O1. The van der Waals surface area contributed by atoms with Crippen LogP contribution in [0.1, 0.15) is 58.8 Å². The number of halogens is 1. The summed E-state index contributed by atoms with van der Waals surface area (Å²) in [7, 11) is 0. The van der Waals surface area contributed by atoms with Gasteiger partial charge in [0, 0.05) is 17.9 Å². The molecule has 0 aromatic carbocycles. The zero-order valence-electron chi connectivity index (χ0n) is 12.0. The Balaban J connectivity index is 1.81. The van der Waals surface area contributed by atoms with E-state index in [0.717, 1.165) is 11.9 Å². The second-order valence-corrected chi connectivity index (χ2v) is 7.09. The summed E-state index contributed by atoms with van der Waals surface area (Å²) in [5, 5.41) is 1.10. The molecule has 2 fully saturated rings. The van der Waals surface area contributed by atoms with Crippen molar-refractivity contribution in [2.75, 3.05) is 18.4 Å². The lowest BCUT2D eigenvalue weighted by molar-refractivity contribution is -0.0500. The van der Waals surface area contributed by atoms with Gasteiger partial charge in [-0.1, -0.05) is 28.8 Å². The van der Waals surface area contributed by atoms with Crippen LogP contribution in [0.3, 0.4) is 0 Å². The fourth-order valence-corrected chi connectivity index (χ4v) is 3.75. The zero-order chi connectivity index (χ0) is 13.0. The van der Waals surface area contributed by atoms with Gasteiger partial charge >= 0.3 is 0 Å². The minimum Gasteiger partial charge on any atom is -0.370 e. The van der Waals surface area contributed by atoms with Gasteiger partial charge in [-0.25, -0.2) is 0 Å². The van der Waals surface area contributed by atoms with E-state index in [1.165, 1.54) is 51.5 Å². The van der Waals surface area contributed by atoms with Crippen LogP contribution >= 0.6 is 15.9 Å². The Labute approximate surface area is 121 Å². The van der Waals surface area contributed by atoms with E-state index in [0.29, 0.717) is 17.7 Å². The van der Waals surface area contributed by atoms with Gasteiger partial charge in [-0.15, -0.1) is 0 Å². The molecule has 2 aliphatic rings. The van der Waals surface area contributed by atoms with Crippen LogP contribution in [0, 0.1) is 0 Å². The van der Waals surface area contributed by atoms with Crippen molar-refractivity contribution in [3.8, 4) is 0 Å². The fourth-order valence-electron chi connectivity index (χ4n) is 3.50. The largest absolute Gasteiger partial charge is 0.370 e. The van der Waals surface area contributed by atoms with Crippen molar-refractivity contribution in [3.05, 3.63) is 0 Å². The van der Waals surface area contributed by atoms with Crippen molar-refractivity contribution in [1.82, 2.24) is 4.90 Å². The van der Waals surface area contributed by atoms with Crippen LogP contribution in [0.5, 0.6) is 0 Å². The maximum atomic E-state index is 6.42. The number of hydrogen-bond acceptors (Lipinski definition) is 2. The molecular formula is C15H28BrNO. The molecule has 1 heterocycles. The Morgan fingerprint density at radius 3 is 2.61 bits per heavy atom. The van der Waals surface area contributed by atoms with Gasteiger partial charge in [-0.05, 0) is 52.5 Å². The molecule has 1 aliphatic carbocycles. The molecule has 0 aromatic rings. The van der Waals surface area contributed by atoms with Crippen LogP contribution < -0.4 is 0 Å². The highest BCUT2D eigenvalue weighted by Crippen LogP contribution is 2.43. The summed E-state index contributed by atoms with van der Waals surface area (Å²) >= 11 is 3.53. The average Bonchev–Trinajstić information content (AvgIpc) is 2.95. The number of nitrogens with zero attached hydrogens (tertiary/aromatic N) is 1. The quantitative estimate of drug-likeness (QED) is 0.687. The average molecular weight is 318 g/mol. The van der Waals surface area contributed by atoms with Gasteiger partial charge in [0.15, 0.2) is 0 Å². The lowest BCUT2D eigenvalue weighted by Crippen LogP contribution is -2.39. The normalized spacial score (nSPS) is 26.8. The summed E-state index contributed by atoms with van der Waals surface area (Å²) in [5.41, 5.74) is 0.294. The second-order valence-electron chi connectivity index (χ2n) is 6.30. The van der Waals surface area contributed by atoms with Crippen LogP contribution in [0.4, 0.5) is 0 Å². The van der Waals surface area contributed by atoms with Gasteiger partial charge in [0.25, 0.3) is 0 Å². The van der Waals surface area contributed by atoms with E-state index in [2.05, 4.69) is 34.7 Å². The summed E-state index contributed by atoms with van der Waals surface area (Å²) in [5.74, 6) is 0. The molecule has 0 aromatic heterocycles. The van der Waals surface area contributed by atoms with E-state index in [-0.39, 0.29) is 0 Å². The van der Waals surface area contributed by atoms with E-state index < -0.39 is 0 Å². The van der Waals surface area contributed by atoms with Gasteiger partial charge in [0.2, 0.25) is 0 Å². The van der Waals surface area contributed by atoms with Crippen molar-refractivity contribution in [1.29, 1.82) is 0 Å². The van der Waals surface area contributed by atoms with Gasteiger partial charge in [-0.3, -0.25) is 4.90 Å². The molecule has 18 heavy (non-hydrogen) atoms. The smallest absolute Gasteiger partial charge is 0.0710 e. The van der Waals surface area contributed by atoms with Crippen molar-refractivity contribution in [2.45, 2.75) is 76.5 Å². The van der Waals surface area contributed by atoms with Crippen molar-refractivity contribution < 1.29 is 4.74 Å². The van der Waals surface area contributed by atoms with E-state index >= 15 is 0 Å². The number of ether oxygens (including phenoxy) is 1. The first kappa shape index (κ1) is 14.8. The summed E-state index contributed by atoms with van der Waals surface area (Å²) in [6.07, 6.45) is 9.68. The molecule has 3 heteroatoms. The minimum atomic E-state index is 0.294. The van der Waals surface area contributed by atoms with Gasteiger partial charge < -0.3 is 4.74 Å². The molecule has 0 N–H and O–H groups in total. The maximum absolute atomic E-state index is 6.42. The first-order valence-corrected chi connectivity index (χ1v) is 8.75. The third-order valence-electron chi connectivity index (χ3n) is 4.60. The molecule has 1 spiro atoms. The monoisotopic (exact) mass is 317 g/mol. The molecule has 1 saturated heterocycles. The Morgan fingerprint density at radius 1 is 1.28 bits per heavy atom. The lowest BCUT2D eigenvalue weighted by atomic mass is 9.98. The second kappa shape index (κ2) is 6.71. The minimum absolute atomic E-state index is 0.294. The predicted molar refractivity (Wildman–Crippen MR) is 80.4 cm³/mol. The molecule has 106 valence electrons. The highest BCUT2D eigenvalue weighted by molar-refractivity contribution is 9.09. The highest BCUT2D eigenvalue weighted by atomic mass is 79.9. The molecule has 2 nitrogen and oxygen atoms in total. The molecule has 1 atom stereocenters. The molecule has 1 saturated carbocycles. The molecule has 2 rings (SSSR count). The van der Waals surface area contributed by atoms with E-state index in [1.807, 2.05) is 0 Å². The zero-order valence-corrected chi connectivity index (χ0v) is 13.5. The molecular weight excluding hydrogens is 290 g/mol. The summed E-state index contributed by atoms with van der Waals surface area (Å²) in [6.45, 7) is 6.92. The third-order valence-corrected chi connectivity index (χ3v) is 5.16. The van der Waals surface area contributed by atoms with Crippen LogP contribution in [-0.2, 0) is 4.74 Å². The standard InChI is InChI=1S/C15H28BrNO/c1-13(2)17(11-5-10-16)12-14-6-9-15(18-14)7-3-4-8-15/h13-14H,3-12H2,1-2H3. The molecule has 0 radical (unpaired) electrons. The first-order valence-electron chi connectivity index (χ1n) is 7.63. The molecule has 0 bridgehead atoms. The van der Waals surface area contributed by atoms with Gasteiger partial charge in [0.1, 0.15) is 0 Å². The molecule has 1 aliphatic heterocycles. The molecule has 0 amide bonds.